The minimum Gasteiger partial charge on any atom is -0.331 e. The van der Waals surface area contributed by atoms with Crippen LogP contribution in [0.1, 0.15) is 45.8 Å². The molecule has 0 aromatic carbocycles. The van der Waals surface area contributed by atoms with Gasteiger partial charge in [0, 0.05) is 27.6 Å². The van der Waals surface area contributed by atoms with Crippen molar-refractivity contribution < 1.29 is 4.79 Å². The first-order chi connectivity index (χ1) is 11.7. The summed E-state index contributed by atoms with van der Waals surface area (Å²) in [4.78, 5) is 17.7. The third kappa shape index (κ3) is 2.91. The topological polar surface area (TPSA) is 63.4 Å². The molecule has 0 bridgehead atoms. The van der Waals surface area contributed by atoms with E-state index >= 15 is 0 Å². The molecule has 0 saturated heterocycles. The first-order valence-electron chi connectivity index (χ1n) is 8.25. The average Bonchev–Trinajstić information content (AvgIpc) is 3.33. The molecule has 0 N–H and O–H groups in total. The molecule has 3 aromatic rings. The Balaban J connectivity index is 1.64. The van der Waals surface area contributed by atoms with E-state index in [1.807, 2.05) is 4.90 Å². The van der Waals surface area contributed by atoms with Crippen LogP contribution in [0.3, 0.4) is 0 Å². The number of hydrogen-bond donors (Lipinski definition) is 0. The molecule has 1 aliphatic rings. The molecule has 124 valence electrons. The lowest BCUT2D eigenvalue weighted by Crippen LogP contribution is -2.38. The zero-order valence-electron chi connectivity index (χ0n) is 13.6. The molecule has 1 saturated carbocycles. The van der Waals surface area contributed by atoms with Gasteiger partial charge in [0.05, 0.1) is 6.54 Å². The maximum Gasteiger partial charge on any atom is 0.254 e. The van der Waals surface area contributed by atoms with E-state index in [1.165, 1.54) is 22.6 Å². The number of carbonyl (C=O) groups excluding carboxylic acids is 1. The standard InChI is InChI=1S/C17H19N5OS/c1-12-6-7-15(24-12)11-21(14-4-2-3-5-14)17(23)13-8-9-22-16(10-13)18-19-20-22/h6-10,14H,2-5,11H2,1H3. The van der Waals surface area contributed by atoms with E-state index in [-0.39, 0.29) is 5.91 Å². The number of aromatic nitrogens is 4. The van der Waals surface area contributed by atoms with Gasteiger partial charge in [0.25, 0.3) is 5.91 Å². The fourth-order valence-electron chi connectivity index (χ4n) is 3.36. The molecule has 1 aliphatic carbocycles. The number of fused-ring (bicyclic) bond motifs is 1. The van der Waals surface area contributed by atoms with Gasteiger partial charge in [0.2, 0.25) is 0 Å². The molecule has 0 radical (unpaired) electrons. The number of hydrogen-bond acceptors (Lipinski definition) is 5. The van der Waals surface area contributed by atoms with E-state index in [9.17, 15) is 4.79 Å². The molecule has 4 rings (SSSR count). The molecule has 0 unspecified atom stereocenters. The Kier molecular flexibility index (Phi) is 4.02. The highest BCUT2D eigenvalue weighted by Crippen LogP contribution is 2.28. The SMILES string of the molecule is Cc1ccc(CN(C(=O)c2ccn3nnnc3c2)C2CCCC2)s1. The van der Waals surface area contributed by atoms with Gasteiger partial charge < -0.3 is 4.90 Å². The van der Waals surface area contributed by atoms with Crippen molar-refractivity contribution in [2.24, 2.45) is 0 Å². The van der Waals surface area contributed by atoms with E-state index in [1.54, 1.807) is 34.2 Å². The van der Waals surface area contributed by atoms with Crippen molar-refractivity contribution in [1.82, 2.24) is 24.9 Å². The Morgan fingerprint density at radius 3 is 2.92 bits per heavy atom. The second kappa shape index (κ2) is 6.32. The highest BCUT2D eigenvalue weighted by atomic mass is 32.1. The van der Waals surface area contributed by atoms with Crippen molar-refractivity contribution in [3.8, 4) is 0 Å². The number of tetrazole rings is 1. The van der Waals surface area contributed by atoms with Crippen molar-refractivity contribution in [2.45, 2.75) is 45.2 Å². The second-order valence-corrected chi connectivity index (χ2v) is 7.65. The third-order valence-electron chi connectivity index (χ3n) is 4.59. The summed E-state index contributed by atoms with van der Waals surface area (Å²) in [6, 6.07) is 8.13. The van der Waals surface area contributed by atoms with Gasteiger partial charge >= 0.3 is 0 Å². The van der Waals surface area contributed by atoms with Crippen LogP contribution in [0, 0.1) is 6.92 Å². The Labute approximate surface area is 144 Å². The van der Waals surface area contributed by atoms with E-state index in [0.717, 1.165) is 12.8 Å². The van der Waals surface area contributed by atoms with E-state index in [2.05, 4.69) is 34.6 Å². The van der Waals surface area contributed by atoms with E-state index < -0.39 is 0 Å². The zero-order chi connectivity index (χ0) is 16.5. The molecule has 3 heterocycles. The predicted octanol–water partition coefficient (Wildman–Crippen LogP) is 3.08. The zero-order valence-corrected chi connectivity index (χ0v) is 14.4. The Morgan fingerprint density at radius 1 is 1.33 bits per heavy atom. The third-order valence-corrected chi connectivity index (χ3v) is 5.58. The summed E-state index contributed by atoms with van der Waals surface area (Å²) < 4.78 is 1.57. The Bertz CT molecular complexity index is 865. The fourth-order valence-corrected chi connectivity index (χ4v) is 4.25. The van der Waals surface area contributed by atoms with Gasteiger partial charge in [-0.2, -0.15) is 0 Å². The van der Waals surface area contributed by atoms with Crippen molar-refractivity contribution >= 4 is 22.9 Å². The second-order valence-electron chi connectivity index (χ2n) is 6.28. The minimum absolute atomic E-state index is 0.0680. The van der Waals surface area contributed by atoms with Crippen LogP contribution in [-0.4, -0.2) is 36.9 Å². The number of carbonyl (C=O) groups is 1. The summed E-state index contributed by atoms with van der Waals surface area (Å²) in [6.07, 6.45) is 6.32. The number of nitrogens with zero attached hydrogens (tertiary/aromatic N) is 5. The van der Waals surface area contributed by atoms with Crippen molar-refractivity contribution in [1.29, 1.82) is 0 Å². The number of aryl methyl sites for hydroxylation is 1. The lowest BCUT2D eigenvalue weighted by molar-refractivity contribution is 0.0666. The maximum absolute atomic E-state index is 13.2. The number of amides is 1. The molecule has 0 atom stereocenters. The molecule has 1 amide bonds. The quantitative estimate of drug-likeness (QED) is 0.731. The predicted molar refractivity (Wildman–Crippen MR) is 92.0 cm³/mol. The number of rotatable bonds is 4. The summed E-state index contributed by atoms with van der Waals surface area (Å²) in [7, 11) is 0. The Hall–Kier alpha value is -2.28. The van der Waals surface area contributed by atoms with Crippen LogP contribution in [0.2, 0.25) is 0 Å². The fraction of sp³-hybridized carbons (Fsp3) is 0.412. The van der Waals surface area contributed by atoms with Gasteiger partial charge in [-0.1, -0.05) is 12.8 Å². The first kappa shape index (κ1) is 15.3. The van der Waals surface area contributed by atoms with Crippen molar-refractivity contribution in [3.05, 3.63) is 45.8 Å². The summed E-state index contributed by atoms with van der Waals surface area (Å²) in [5.41, 5.74) is 1.25. The molecule has 6 nitrogen and oxygen atoms in total. The largest absolute Gasteiger partial charge is 0.331 e. The number of thiophene rings is 1. The normalized spacial score (nSPS) is 15.2. The van der Waals surface area contributed by atoms with Gasteiger partial charge in [-0.3, -0.25) is 4.79 Å². The summed E-state index contributed by atoms with van der Waals surface area (Å²) >= 11 is 1.76. The van der Waals surface area contributed by atoms with Crippen LogP contribution in [0.4, 0.5) is 0 Å². The summed E-state index contributed by atoms with van der Waals surface area (Å²) in [5, 5.41) is 11.4. The smallest absolute Gasteiger partial charge is 0.254 e. The van der Waals surface area contributed by atoms with Crippen molar-refractivity contribution in [3.63, 3.8) is 0 Å². The van der Waals surface area contributed by atoms with Gasteiger partial charge in [0.15, 0.2) is 5.65 Å². The minimum atomic E-state index is 0.0680. The van der Waals surface area contributed by atoms with Crippen LogP contribution >= 0.6 is 11.3 Å². The molecule has 0 spiro atoms. The van der Waals surface area contributed by atoms with Crippen LogP contribution < -0.4 is 0 Å². The monoisotopic (exact) mass is 341 g/mol. The van der Waals surface area contributed by atoms with Gasteiger partial charge in [-0.15, -0.1) is 16.4 Å². The van der Waals surface area contributed by atoms with Gasteiger partial charge in [-0.25, -0.2) is 4.52 Å². The molecule has 24 heavy (non-hydrogen) atoms. The summed E-state index contributed by atoms with van der Waals surface area (Å²) in [5.74, 6) is 0.0680. The molecular formula is C17H19N5OS. The summed E-state index contributed by atoms with van der Waals surface area (Å²) in [6.45, 7) is 2.78. The molecular weight excluding hydrogens is 322 g/mol. The first-order valence-corrected chi connectivity index (χ1v) is 9.06. The highest BCUT2D eigenvalue weighted by molar-refractivity contribution is 7.11. The van der Waals surface area contributed by atoms with E-state index in [4.69, 9.17) is 0 Å². The molecule has 7 heteroatoms. The number of pyridine rings is 1. The average molecular weight is 341 g/mol. The maximum atomic E-state index is 13.2. The Morgan fingerprint density at radius 2 is 2.17 bits per heavy atom. The van der Waals surface area contributed by atoms with Crippen LogP contribution in [0.25, 0.3) is 5.65 Å². The highest BCUT2D eigenvalue weighted by Gasteiger charge is 2.28. The lowest BCUT2D eigenvalue weighted by atomic mass is 10.1. The van der Waals surface area contributed by atoms with Crippen LogP contribution in [0.5, 0.6) is 0 Å². The molecule has 1 fully saturated rings. The lowest BCUT2D eigenvalue weighted by Gasteiger charge is -2.28. The molecule has 0 aliphatic heterocycles. The van der Waals surface area contributed by atoms with Gasteiger partial charge in [0.1, 0.15) is 0 Å². The van der Waals surface area contributed by atoms with Crippen molar-refractivity contribution in [2.75, 3.05) is 0 Å². The van der Waals surface area contributed by atoms with E-state index in [0.29, 0.717) is 23.8 Å². The molecule has 3 aromatic heterocycles. The van der Waals surface area contributed by atoms with Crippen LogP contribution in [0.15, 0.2) is 30.5 Å². The van der Waals surface area contributed by atoms with Gasteiger partial charge in [-0.05, 0) is 54.5 Å². The van der Waals surface area contributed by atoms with Crippen LogP contribution in [-0.2, 0) is 6.54 Å².